The second-order valence-corrected chi connectivity index (χ2v) is 13.2. The first-order valence-electron chi connectivity index (χ1n) is 17.4. The van der Waals surface area contributed by atoms with Crippen molar-refractivity contribution in [3.63, 3.8) is 0 Å². The van der Waals surface area contributed by atoms with E-state index in [2.05, 4.69) is 6.92 Å². The Kier molecular flexibility index (Phi) is 29.3. The lowest BCUT2D eigenvalue weighted by Crippen LogP contribution is -2.29. The van der Waals surface area contributed by atoms with Crippen LogP contribution in [0.25, 0.3) is 0 Å². The Labute approximate surface area is 276 Å². The van der Waals surface area contributed by atoms with E-state index >= 15 is 0 Å². The number of phosphoric acid groups is 1. The highest BCUT2D eigenvalue weighted by atomic mass is 31.2. The molecule has 0 radical (unpaired) electrons. The van der Waals surface area contributed by atoms with Gasteiger partial charge in [0.05, 0.1) is 19.3 Å². The SMILES string of the molecule is CCCCCCCCCCCCCCCC(=O)OC[C@H](COP(=O)(O)OCCN)OC(=O)CCCCCCCC(O)/C=C/C(=O)O. The zero-order chi connectivity index (χ0) is 34.3. The van der Waals surface area contributed by atoms with Crippen LogP contribution in [-0.4, -0.2) is 71.6 Å². The van der Waals surface area contributed by atoms with Crippen molar-refractivity contribution in [2.45, 2.75) is 154 Å². The Balaban J connectivity index is 4.30. The molecule has 0 saturated heterocycles. The van der Waals surface area contributed by atoms with Gasteiger partial charge in [-0.3, -0.25) is 18.6 Å². The van der Waals surface area contributed by atoms with Gasteiger partial charge in [0, 0.05) is 25.5 Å². The maximum atomic E-state index is 12.4. The number of aliphatic carboxylic acids is 1. The molecule has 3 atom stereocenters. The predicted octanol–water partition coefficient (Wildman–Crippen LogP) is 6.75. The third-order valence-electron chi connectivity index (χ3n) is 7.35. The summed E-state index contributed by atoms with van der Waals surface area (Å²) < 4.78 is 32.3. The lowest BCUT2D eigenvalue weighted by atomic mass is 10.0. The number of carboxylic acid groups (broad SMARTS) is 1. The molecule has 0 aliphatic carbocycles. The highest BCUT2D eigenvalue weighted by Crippen LogP contribution is 2.43. The van der Waals surface area contributed by atoms with Crippen molar-refractivity contribution in [1.29, 1.82) is 0 Å². The van der Waals surface area contributed by atoms with Gasteiger partial charge >= 0.3 is 25.7 Å². The summed E-state index contributed by atoms with van der Waals surface area (Å²) in [6.07, 6.45) is 20.3. The van der Waals surface area contributed by atoms with E-state index in [0.717, 1.165) is 44.6 Å². The van der Waals surface area contributed by atoms with E-state index < -0.39 is 44.5 Å². The summed E-state index contributed by atoms with van der Waals surface area (Å²) in [5, 5.41) is 18.3. The summed E-state index contributed by atoms with van der Waals surface area (Å²) in [5.41, 5.74) is 5.29. The molecule has 0 heterocycles. The summed E-state index contributed by atoms with van der Waals surface area (Å²) in [4.78, 5) is 45.0. The Hall–Kier alpha value is -1.82. The Bertz CT molecular complexity index is 855. The maximum absolute atomic E-state index is 12.4. The highest BCUT2D eigenvalue weighted by molar-refractivity contribution is 7.47. The van der Waals surface area contributed by atoms with Crippen molar-refractivity contribution in [3.8, 4) is 0 Å². The first kappa shape index (κ1) is 44.2. The van der Waals surface area contributed by atoms with Gasteiger partial charge in [-0.15, -0.1) is 0 Å². The number of carbonyl (C=O) groups excluding carboxylic acids is 2. The number of ether oxygens (including phenoxy) is 2. The summed E-state index contributed by atoms with van der Waals surface area (Å²) >= 11 is 0. The summed E-state index contributed by atoms with van der Waals surface area (Å²) in [6.45, 7) is 1.26. The molecular weight excluding hydrogens is 617 g/mol. The molecule has 46 heavy (non-hydrogen) atoms. The number of hydrogen-bond acceptors (Lipinski definition) is 10. The van der Waals surface area contributed by atoms with E-state index in [0.29, 0.717) is 25.7 Å². The van der Waals surface area contributed by atoms with E-state index in [1.807, 2.05) is 0 Å². The molecule has 0 fully saturated rings. The molecule has 0 aromatic heterocycles. The van der Waals surface area contributed by atoms with Gasteiger partial charge in [0.25, 0.3) is 0 Å². The lowest BCUT2D eigenvalue weighted by Gasteiger charge is -2.19. The first-order valence-corrected chi connectivity index (χ1v) is 18.8. The van der Waals surface area contributed by atoms with Gasteiger partial charge in [0.1, 0.15) is 6.61 Å². The molecule has 13 heteroatoms. The highest BCUT2D eigenvalue weighted by Gasteiger charge is 2.26. The Morgan fingerprint density at radius 3 is 1.76 bits per heavy atom. The summed E-state index contributed by atoms with van der Waals surface area (Å²) in [7, 11) is -4.41. The van der Waals surface area contributed by atoms with Gasteiger partial charge < -0.3 is 30.3 Å². The minimum absolute atomic E-state index is 0.0193. The van der Waals surface area contributed by atoms with E-state index in [-0.39, 0.29) is 32.6 Å². The van der Waals surface area contributed by atoms with Crippen LogP contribution in [0.1, 0.15) is 142 Å². The van der Waals surface area contributed by atoms with Crippen LogP contribution in [0.4, 0.5) is 0 Å². The molecule has 2 unspecified atom stereocenters. The fraction of sp³-hybridized carbons (Fsp3) is 0.848. The molecule has 0 aromatic carbocycles. The third kappa shape index (κ3) is 30.8. The molecule has 0 saturated carbocycles. The number of rotatable bonds is 33. The van der Waals surface area contributed by atoms with E-state index in [4.69, 9.17) is 29.4 Å². The van der Waals surface area contributed by atoms with Crippen molar-refractivity contribution in [2.24, 2.45) is 5.73 Å². The van der Waals surface area contributed by atoms with Gasteiger partial charge in [-0.05, 0) is 25.3 Å². The van der Waals surface area contributed by atoms with Gasteiger partial charge in [-0.1, -0.05) is 110 Å². The molecule has 0 bridgehead atoms. The minimum atomic E-state index is -4.41. The third-order valence-corrected chi connectivity index (χ3v) is 8.33. The molecule has 0 aliphatic rings. The first-order chi connectivity index (χ1) is 22.1. The summed E-state index contributed by atoms with van der Waals surface area (Å²) in [6, 6.07) is 0. The Morgan fingerprint density at radius 1 is 0.739 bits per heavy atom. The van der Waals surface area contributed by atoms with Crippen LogP contribution in [0, 0.1) is 0 Å². The molecule has 0 amide bonds. The van der Waals surface area contributed by atoms with Gasteiger partial charge in [0.15, 0.2) is 6.10 Å². The summed E-state index contributed by atoms with van der Waals surface area (Å²) in [5.74, 6) is -2.08. The zero-order valence-electron chi connectivity index (χ0n) is 28.1. The Morgan fingerprint density at radius 2 is 1.24 bits per heavy atom. The van der Waals surface area contributed by atoms with Gasteiger partial charge in [0.2, 0.25) is 0 Å². The minimum Gasteiger partial charge on any atom is -0.478 e. The average Bonchev–Trinajstić information content (AvgIpc) is 3.02. The molecule has 12 nitrogen and oxygen atoms in total. The molecule has 0 rings (SSSR count). The topological polar surface area (TPSA) is 192 Å². The number of unbranched alkanes of at least 4 members (excludes halogenated alkanes) is 16. The fourth-order valence-corrected chi connectivity index (χ4v) is 5.50. The molecule has 0 aliphatic heterocycles. The second-order valence-electron chi connectivity index (χ2n) is 11.7. The quantitative estimate of drug-likeness (QED) is 0.0247. The number of esters is 2. The number of nitrogens with two attached hydrogens (primary N) is 1. The van der Waals surface area contributed by atoms with Crippen LogP contribution in [-0.2, 0) is 37.5 Å². The van der Waals surface area contributed by atoms with Crippen LogP contribution in [0.15, 0.2) is 12.2 Å². The zero-order valence-corrected chi connectivity index (χ0v) is 29.0. The number of hydrogen-bond donors (Lipinski definition) is 4. The van der Waals surface area contributed by atoms with Crippen LogP contribution in [0.5, 0.6) is 0 Å². The van der Waals surface area contributed by atoms with Crippen LogP contribution in [0.2, 0.25) is 0 Å². The van der Waals surface area contributed by atoms with Crippen molar-refractivity contribution in [2.75, 3.05) is 26.4 Å². The van der Waals surface area contributed by atoms with Crippen molar-refractivity contribution in [3.05, 3.63) is 12.2 Å². The number of phosphoric ester groups is 1. The van der Waals surface area contributed by atoms with Crippen LogP contribution in [0.3, 0.4) is 0 Å². The van der Waals surface area contributed by atoms with Gasteiger partial charge in [-0.2, -0.15) is 0 Å². The monoisotopic (exact) mass is 679 g/mol. The normalized spacial score (nSPS) is 14.2. The molecule has 270 valence electrons. The molecule has 0 aromatic rings. The van der Waals surface area contributed by atoms with Crippen molar-refractivity contribution < 1.29 is 52.6 Å². The van der Waals surface area contributed by atoms with E-state index in [1.54, 1.807) is 0 Å². The van der Waals surface area contributed by atoms with Gasteiger partial charge in [-0.25, -0.2) is 9.36 Å². The van der Waals surface area contributed by atoms with Crippen molar-refractivity contribution in [1.82, 2.24) is 0 Å². The average molecular weight is 680 g/mol. The van der Waals surface area contributed by atoms with Crippen LogP contribution < -0.4 is 5.73 Å². The van der Waals surface area contributed by atoms with E-state index in [1.165, 1.54) is 63.9 Å². The maximum Gasteiger partial charge on any atom is 0.472 e. The lowest BCUT2D eigenvalue weighted by molar-refractivity contribution is -0.161. The standard InChI is InChI=1S/C33H62NO11P/c1-2-3-4-5-6-7-8-9-10-11-12-15-18-21-32(38)42-27-30(28-44-46(40,41)43-26-25-34)45-33(39)22-19-16-13-14-17-20-29(35)23-24-31(36)37/h23-24,29-30,35H,2-22,25-28,34H2,1H3,(H,36,37)(H,40,41)/b24-23+/t29?,30-/m1/s1. The number of carbonyl (C=O) groups is 3. The number of aliphatic hydroxyl groups is 1. The number of aliphatic hydroxyl groups excluding tert-OH is 1. The largest absolute Gasteiger partial charge is 0.478 e. The van der Waals surface area contributed by atoms with Crippen molar-refractivity contribution >= 4 is 25.7 Å². The smallest absolute Gasteiger partial charge is 0.472 e. The molecule has 0 spiro atoms. The fourth-order valence-electron chi connectivity index (χ4n) is 4.73. The molecule has 5 N–H and O–H groups in total. The predicted molar refractivity (Wildman–Crippen MR) is 177 cm³/mol. The molecular formula is C33H62NO11P. The van der Waals surface area contributed by atoms with Crippen LogP contribution >= 0.6 is 7.82 Å². The number of carboxylic acids is 1. The second kappa shape index (κ2) is 30.5. The van der Waals surface area contributed by atoms with E-state index in [9.17, 15) is 28.9 Å².